The Kier molecular flexibility index (Phi) is 8.76. The molecule has 0 fully saturated rings. The van der Waals surface area contributed by atoms with E-state index in [1.807, 2.05) is 0 Å². The van der Waals surface area contributed by atoms with E-state index in [1.165, 1.54) is 28.8 Å². The molecule has 0 spiro atoms. The smallest absolute Gasteiger partial charge is 0.328 e. The molecule has 2 aliphatic rings. The van der Waals surface area contributed by atoms with E-state index < -0.39 is 11.9 Å². The number of carbonyl (C=O) groups is 2. The van der Waals surface area contributed by atoms with Gasteiger partial charge in [0.15, 0.2) is 0 Å². The molecule has 1 aromatic rings. The van der Waals surface area contributed by atoms with E-state index in [2.05, 4.69) is 16.3 Å². The Morgan fingerprint density at radius 1 is 1.18 bits per heavy atom. The first-order valence-electron chi connectivity index (χ1n) is 9.35. The number of aryl methyl sites for hydroxylation is 1. The van der Waals surface area contributed by atoms with Gasteiger partial charge in [-0.25, -0.2) is 9.59 Å². The van der Waals surface area contributed by atoms with Crippen molar-refractivity contribution < 1.29 is 24.5 Å². The van der Waals surface area contributed by atoms with Crippen molar-refractivity contribution in [3.63, 3.8) is 0 Å². The molecule has 0 bridgehead atoms. The zero-order chi connectivity index (χ0) is 20.5. The van der Waals surface area contributed by atoms with Crippen LogP contribution in [-0.2, 0) is 33.6 Å². The van der Waals surface area contributed by atoms with Gasteiger partial charge in [0.25, 0.3) is 0 Å². The highest BCUT2D eigenvalue weighted by molar-refractivity contribution is 6.34. The maximum Gasteiger partial charge on any atom is 0.328 e. The first-order valence-corrected chi connectivity index (χ1v) is 9.73. The molecule has 0 radical (unpaired) electrons. The zero-order valence-corrected chi connectivity index (χ0v) is 16.8. The molecule has 3 rings (SSSR count). The monoisotopic (exact) mass is 410 g/mol. The predicted octanol–water partition coefficient (Wildman–Crippen LogP) is 2.14. The summed E-state index contributed by atoms with van der Waals surface area (Å²) < 4.78 is 5.24. The van der Waals surface area contributed by atoms with Crippen LogP contribution in [0.2, 0.25) is 5.02 Å². The molecule has 154 valence electrons. The van der Waals surface area contributed by atoms with Gasteiger partial charge in [-0.3, -0.25) is 0 Å². The third kappa shape index (κ3) is 6.22. The van der Waals surface area contributed by atoms with Crippen LogP contribution in [0, 0.1) is 0 Å². The Morgan fingerprint density at radius 3 is 2.50 bits per heavy atom. The highest BCUT2D eigenvalue weighted by atomic mass is 35.5. The number of anilines is 1. The average Bonchev–Trinajstić information content (AvgIpc) is 2.91. The number of nitrogens with one attached hydrogen (secondary N) is 1. The molecule has 28 heavy (non-hydrogen) atoms. The highest BCUT2D eigenvalue weighted by Gasteiger charge is 2.24. The Balaban J connectivity index is 0.000000300. The molecule has 0 saturated carbocycles. The van der Waals surface area contributed by atoms with Crippen LogP contribution >= 0.6 is 11.6 Å². The second-order valence-corrected chi connectivity index (χ2v) is 7.06. The van der Waals surface area contributed by atoms with Crippen LogP contribution in [0.1, 0.15) is 23.1 Å². The van der Waals surface area contributed by atoms with Crippen LogP contribution in [0.5, 0.6) is 0 Å². The molecule has 0 aromatic heterocycles. The Hall–Kier alpha value is -2.09. The first kappa shape index (κ1) is 22.2. The highest BCUT2D eigenvalue weighted by Crippen LogP contribution is 2.39. The molecule has 0 atom stereocenters. The molecule has 0 saturated heterocycles. The van der Waals surface area contributed by atoms with Crippen LogP contribution in [0.4, 0.5) is 5.69 Å². The van der Waals surface area contributed by atoms with Gasteiger partial charge in [-0.05, 0) is 55.5 Å². The van der Waals surface area contributed by atoms with Crippen LogP contribution < -0.4 is 10.2 Å². The summed E-state index contributed by atoms with van der Waals surface area (Å²) in [6.45, 7) is 4.88. The van der Waals surface area contributed by atoms with Gasteiger partial charge in [-0.15, -0.1) is 0 Å². The minimum absolute atomic E-state index is 0.558. The largest absolute Gasteiger partial charge is 0.478 e. The number of hydrogen-bond acceptors (Lipinski definition) is 5. The van der Waals surface area contributed by atoms with E-state index >= 15 is 0 Å². The number of rotatable bonds is 5. The van der Waals surface area contributed by atoms with Crippen molar-refractivity contribution in [1.29, 1.82) is 0 Å². The lowest BCUT2D eigenvalue weighted by atomic mass is 9.93. The summed E-state index contributed by atoms with van der Waals surface area (Å²) in [6.07, 6.45) is 5.62. The number of ether oxygens (including phenoxy) is 1. The number of hydrogen-bond donors (Lipinski definition) is 3. The summed E-state index contributed by atoms with van der Waals surface area (Å²) in [7, 11) is 1.76. The molecular weight excluding hydrogens is 384 g/mol. The Morgan fingerprint density at radius 2 is 1.86 bits per heavy atom. The predicted molar refractivity (Wildman–Crippen MR) is 109 cm³/mol. The Bertz CT molecular complexity index is 720. The molecular formula is C20H27ClN2O5. The summed E-state index contributed by atoms with van der Waals surface area (Å²) in [5.41, 5.74) is 5.51. The van der Waals surface area contributed by atoms with E-state index in [9.17, 15) is 9.59 Å². The molecule has 7 nitrogen and oxygen atoms in total. The summed E-state index contributed by atoms with van der Waals surface area (Å²) in [5, 5.41) is 20.1. The van der Waals surface area contributed by atoms with Crippen molar-refractivity contribution in [3.05, 3.63) is 39.9 Å². The first-order chi connectivity index (χ1) is 13.4. The number of benzene rings is 1. The van der Waals surface area contributed by atoms with E-state index in [4.69, 9.17) is 26.6 Å². The molecule has 2 aliphatic heterocycles. The number of carboxylic acids is 2. The van der Waals surface area contributed by atoms with E-state index in [1.54, 1.807) is 7.11 Å². The van der Waals surface area contributed by atoms with Gasteiger partial charge in [0.05, 0.1) is 17.3 Å². The number of aliphatic carboxylic acids is 2. The minimum atomic E-state index is -1.26. The lowest BCUT2D eigenvalue weighted by Gasteiger charge is -2.33. The van der Waals surface area contributed by atoms with Crippen molar-refractivity contribution in [2.24, 2.45) is 0 Å². The minimum Gasteiger partial charge on any atom is -0.478 e. The van der Waals surface area contributed by atoms with Gasteiger partial charge in [-0.2, -0.15) is 0 Å². The fraction of sp³-hybridized carbons (Fsp3) is 0.500. The number of nitrogens with zero attached hydrogens (tertiary/aromatic N) is 1. The van der Waals surface area contributed by atoms with Gasteiger partial charge in [0, 0.05) is 32.4 Å². The van der Waals surface area contributed by atoms with Gasteiger partial charge < -0.3 is 25.2 Å². The van der Waals surface area contributed by atoms with Crippen LogP contribution in [-0.4, -0.2) is 62.0 Å². The van der Waals surface area contributed by atoms with E-state index in [-0.39, 0.29) is 0 Å². The molecule has 8 heteroatoms. The molecule has 0 unspecified atom stereocenters. The van der Waals surface area contributed by atoms with Crippen molar-refractivity contribution >= 4 is 29.2 Å². The zero-order valence-electron chi connectivity index (χ0n) is 16.0. The van der Waals surface area contributed by atoms with Crippen molar-refractivity contribution in [1.82, 2.24) is 5.32 Å². The second kappa shape index (κ2) is 11.0. The maximum atomic E-state index is 9.55. The normalized spacial score (nSPS) is 15.9. The van der Waals surface area contributed by atoms with Crippen molar-refractivity contribution in [3.8, 4) is 0 Å². The summed E-state index contributed by atoms with van der Waals surface area (Å²) in [5.74, 6) is -2.51. The number of halogens is 1. The van der Waals surface area contributed by atoms with Gasteiger partial charge in [-0.1, -0.05) is 17.7 Å². The van der Waals surface area contributed by atoms with E-state index in [0.29, 0.717) is 12.2 Å². The third-order valence-corrected chi connectivity index (χ3v) is 5.17. The van der Waals surface area contributed by atoms with Crippen LogP contribution in [0.25, 0.3) is 0 Å². The quantitative estimate of drug-likeness (QED) is 0.639. The third-order valence-electron chi connectivity index (χ3n) is 4.76. The molecule has 0 aliphatic carbocycles. The average molecular weight is 411 g/mol. The van der Waals surface area contributed by atoms with Gasteiger partial charge in [0.2, 0.25) is 0 Å². The molecule has 1 aromatic carbocycles. The summed E-state index contributed by atoms with van der Waals surface area (Å²) in [4.78, 5) is 21.5. The number of fused-ring (bicyclic) bond motifs is 2. The fourth-order valence-electron chi connectivity index (χ4n) is 3.52. The maximum absolute atomic E-state index is 9.55. The van der Waals surface area contributed by atoms with E-state index in [0.717, 1.165) is 57.1 Å². The summed E-state index contributed by atoms with van der Waals surface area (Å²) in [6, 6.07) is 2.41. The van der Waals surface area contributed by atoms with Crippen molar-refractivity contribution in [2.45, 2.75) is 25.7 Å². The fourth-order valence-corrected chi connectivity index (χ4v) is 3.97. The van der Waals surface area contributed by atoms with Gasteiger partial charge in [0.1, 0.15) is 0 Å². The SMILES string of the molecule is COCCN1CCCc2cc3c(c(Cl)c21)CCNCC3.O=C(O)/C=C/C(=O)O. The second-order valence-electron chi connectivity index (χ2n) is 6.68. The van der Waals surface area contributed by atoms with Crippen LogP contribution in [0.3, 0.4) is 0 Å². The van der Waals surface area contributed by atoms with Gasteiger partial charge >= 0.3 is 11.9 Å². The van der Waals surface area contributed by atoms with Crippen molar-refractivity contribution in [2.75, 3.05) is 44.8 Å². The molecule has 2 heterocycles. The topological polar surface area (TPSA) is 99.1 Å². The standard InChI is InChI=1S/C16H23ClN2O.C4H4O4/c1-20-10-9-19-8-2-3-13-11-12-4-6-18-7-5-14(12)15(17)16(13)19;5-3(6)1-2-4(7)8/h11,18H,2-10H2,1H3;1-2H,(H,5,6)(H,7,8)/b;2-1+. The lowest BCUT2D eigenvalue weighted by molar-refractivity contribution is -0.134. The molecule has 3 N–H and O–H groups in total. The Labute approximate surface area is 169 Å². The molecule has 0 amide bonds. The number of carboxylic acid groups (broad SMARTS) is 2. The lowest BCUT2D eigenvalue weighted by Crippen LogP contribution is -2.33. The van der Waals surface area contributed by atoms with Crippen LogP contribution in [0.15, 0.2) is 18.2 Å². The summed E-state index contributed by atoms with van der Waals surface area (Å²) >= 11 is 6.78. The number of methoxy groups -OCH3 is 1.